The Morgan fingerprint density at radius 2 is 1.45 bits per heavy atom. The molecule has 12 heteroatoms. The first-order chi connectivity index (χ1) is 23.8. The molecule has 0 spiro atoms. The SMILES string of the molecule is O=C(Cc1ccccc1)N[C@@H]1C(=O)N2C(C(=O)OCc3ccc([N+](=O)[O-])cc3)C(C=CC(=O)OC(c3ccccc3)c3ccccc3)S[C@@H]12. The molecule has 0 aromatic heterocycles. The number of thioether (sulfide) groups is 1. The van der Waals surface area contributed by atoms with Crippen LogP contribution in [0.4, 0.5) is 5.69 Å². The van der Waals surface area contributed by atoms with E-state index in [-0.39, 0.29) is 24.6 Å². The molecule has 2 aliphatic heterocycles. The first-order valence-corrected chi connectivity index (χ1v) is 16.4. The van der Waals surface area contributed by atoms with Gasteiger partial charge in [-0.1, -0.05) is 97.1 Å². The molecule has 2 saturated heterocycles. The number of nitro groups is 1. The average Bonchev–Trinajstić information content (AvgIpc) is 3.47. The second-order valence-corrected chi connectivity index (χ2v) is 12.7. The van der Waals surface area contributed by atoms with Gasteiger partial charge in [0.1, 0.15) is 24.1 Å². The van der Waals surface area contributed by atoms with Crippen LogP contribution in [0.2, 0.25) is 0 Å². The number of nitrogens with one attached hydrogen (secondary N) is 1. The van der Waals surface area contributed by atoms with Crippen molar-refractivity contribution in [3.63, 3.8) is 0 Å². The minimum atomic E-state index is -1.09. The van der Waals surface area contributed by atoms with Crippen LogP contribution in [0, 0.1) is 10.1 Å². The summed E-state index contributed by atoms with van der Waals surface area (Å²) in [7, 11) is 0. The zero-order chi connectivity index (χ0) is 34.3. The molecule has 0 saturated carbocycles. The number of carbonyl (C=O) groups excluding carboxylic acids is 4. The van der Waals surface area contributed by atoms with Gasteiger partial charge >= 0.3 is 11.9 Å². The molecule has 2 fully saturated rings. The number of ether oxygens (including phenoxy) is 2. The van der Waals surface area contributed by atoms with Gasteiger partial charge in [0.2, 0.25) is 11.8 Å². The molecular weight excluding hydrogens is 646 g/mol. The van der Waals surface area contributed by atoms with Gasteiger partial charge in [-0.05, 0) is 34.4 Å². The Hall–Kier alpha value is -5.75. The van der Waals surface area contributed by atoms with Crippen LogP contribution in [-0.2, 0) is 41.7 Å². The molecule has 11 nitrogen and oxygen atoms in total. The van der Waals surface area contributed by atoms with Crippen LogP contribution >= 0.6 is 11.8 Å². The van der Waals surface area contributed by atoms with Crippen LogP contribution in [0.3, 0.4) is 0 Å². The van der Waals surface area contributed by atoms with Crippen molar-refractivity contribution in [1.29, 1.82) is 0 Å². The summed E-state index contributed by atoms with van der Waals surface area (Å²) in [4.78, 5) is 64.8. The van der Waals surface area contributed by atoms with Gasteiger partial charge in [-0.25, -0.2) is 9.59 Å². The van der Waals surface area contributed by atoms with Crippen molar-refractivity contribution in [2.24, 2.45) is 0 Å². The van der Waals surface area contributed by atoms with Crippen molar-refractivity contribution in [2.75, 3.05) is 0 Å². The third kappa shape index (κ3) is 7.71. The number of nitrogens with zero attached hydrogens (tertiary/aromatic N) is 2. The molecule has 2 heterocycles. The Morgan fingerprint density at radius 1 is 0.857 bits per heavy atom. The first-order valence-electron chi connectivity index (χ1n) is 15.5. The third-order valence-corrected chi connectivity index (χ3v) is 9.65. The van der Waals surface area contributed by atoms with Gasteiger partial charge < -0.3 is 19.7 Å². The number of esters is 2. The number of non-ortho nitro benzene ring substituents is 1. The highest BCUT2D eigenvalue weighted by molar-refractivity contribution is 8.01. The summed E-state index contributed by atoms with van der Waals surface area (Å²) in [5, 5.41) is 12.5. The normalized spacial score (nSPS) is 19.6. The fourth-order valence-electron chi connectivity index (χ4n) is 5.72. The van der Waals surface area contributed by atoms with Crippen molar-refractivity contribution in [3.8, 4) is 0 Å². The summed E-state index contributed by atoms with van der Waals surface area (Å²) in [6.07, 6.45) is 2.17. The van der Waals surface area contributed by atoms with E-state index >= 15 is 0 Å². The molecule has 248 valence electrons. The quantitative estimate of drug-likeness (QED) is 0.0727. The van der Waals surface area contributed by atoms with Crippen molar-refractivity contribution in [3.05, 3.63) is 160 Å². The molecule has 2 aliphatic rings. The van der Waals surface area contributed by atoms with E-state index in [1.54, 1.807) is 0 Å². The van der Waals surface area contributed by atoms with Crippen molar-refractivity contribution < 1.29 is 33.6 Å². The lowest BCUT2D eigenvalue weighted by Gasteiger charge is -2.43. The van der Waals surface area contributed by atoms with E-state index in [0.717, 1.165) is 16.7 Å². The van der Waals surface area contributed by atoms with E-state index in [0.29, 0.717) is 5.56 Å². The maximum Gasteiger partial charge on any atom is 0.331 e. The number of benzene rings is 4. The summed E-state index contributed by atoms with van der Waals surface area (Å²) >= 11 is 1.26. The number of hydrogen-bond acceptors (Lipinski definition) is 9. The average molecular weight is 678 g/mol. The molecule has 6 rings (SSSR count). The number of nitro benzene ring substituents is 1. The predicted octanol–water partition coefficient (Wildman–Crippen LogP) is 4.91. The minimum absolute atomic E-state index is 0.0852. The molecule has 4 aromatic carbocycles. The molecule has 4 aromatic rings. The summed E-state index contributed by atoms with van der Waals surface area (Å²) in [5.74, 6) is -2.14. The van der Waals surface area contributed by atoms with Gasteiger partial charge in [-0.15, -0.1) is 11.8 Å². The van der Waals surface area contributed by atoms with Crippen LogP contribution in [0.15, 0.2) is 127 Å². The Labute approximate surface area is 286 Å². The summed E-state index contributed by atoms with van der Waals surface area (Å²) in [6, 6.07) is 31.3. The number of amides is 2. The van der Waals surface area contributed by atoms with E-state index in [1.807, 2.05) is 91.0 Å². The molecule has 4 atom stereocenters. The maximum absolute atomic E-state index is 13.5. The molecule has 1 N–H and O–H groups in total. The van der Waals surface area contributed by atoms with Gasteiger partial charge in [-0.2, -0.15) is 0 Å². The van der Waals surface area contributed by atoms with Gasteiger partial charge in [0.15, 0.2) is 6.10 Å². The van der Waals surface area contributed by atoms with Crippen LogP contribution in [0.25, 0.3) is 0 Å². The van der Waals surface area contributed by atoms with E-state index < -0.39 is 51.6 Å². The summed E-state index contributed by atoms with van der Waals surface area (Å²) < 4.78 is 11.5. The Balaban J connectivity index is 1.18. The first kappa shape index (κ1) is 33.2. The Bertz CT molecular complexity index is 1820. The minimum Gasteiger partial charge on any atom is -0.459 e. The maximum atomic E-state index is 13.5. The van der Waals surface area contributed by atoms with Gasteiger partial charge in [0.05, 0.1) is 16.6 Å². The van der Waals surface area contributed by atoms with E-state index in [9.17, 15) is 29.3 Å². The Morgan fingerprint density at radius 3 is 2.04 bits per heavy atom. The number of β-lactam (4-membered cyclic amide) rings is 1. The zero-order valence-electron chi connectivity index (χ0n) is 26.0. The van der Waals surface area contributed by atoms with E-state index in [2.05, 4.69) is 5.32 Å². The van der Waals surface area contributed by atoms with Gasteiger partial charge in [0.25, 0.3) is 5.69 Å². The van der Waals surface area contributed by atoms with Crippen LogP contribution in [-0.4, -0.2) is 56.3 Å². The smallest absolute Gasteiger partial charge is 0.331 e. The summed E-state index contributed by atoms with van der Waals surface area (Å²) in [6.45, 7) is -0.184. The largest absolute Gasteiger partial charge is 0.459 e. The monoisotopic (exact) mass is 677 g/mol. The molecule has 0 radical (unpaired) electrons. The molecule has 0 bridgehead atoms. The molecular formula is C37H31N3O8S. The van der Waals surface area contributed by atoms with E-state index in [4.69, 9.17) is 9.47 Å². The zero-order valence-corrected chi connectivity index (χ0v) is 26.8. The lowest BCUT2D eigenvalue weighted by molar-refractivity contribution is -0.384. The highest BCUT2D eigenvalue weighted by atomic mass is 32.2. The second kappa shape index (κ2) is 15.0. The van der Waals surface area contributed by atoms with Gasteiger partial charge in [0, 0.05) is 18.2 Å². The number of fused-ring (bicyclic) bond motifs is 1. The van der Waals surface area contributed by atoms with E-state index in [1.165, 1.54) is 53.1 Å². The third-order valence-electron chi connectivity index (χ3n) is 8.14. The van der Waals surface area contributed by atoms with Crippen molar-refractivity contribution >= 4 is 41.2 Å². The summed E-state index contributed by atoms with van der Waals surface area (Å²) in [5.41, 5.74) is 2.77. The van der Waals surface area contributed by atoms with Gasteiger partial charge in [-0.3, -0.25) is 19.7 Å². The standard InChI is InChI=1S/C37H31N3O8S/c41-30(22-24-10-4-1-5-11-24)38-32-35(43)39-33(37(44)47-23-25-16-18-28(19-17-25)40(45)46)29(49-36(32)39)20-21-31(42)48-34(26-12-6-2-7-13-26)27-14-8-3-9-15-27/h1-21,29,32-34,36H,22-23H2,(H,38,41)/t29?,32-,33?,36+/m1/s1. The fraction of sp³-hybridized carbons (Fsp3) is 0.189. The highest BCUT2D eigenvalue weighted by Crippen LogP contribution is 2.45. The number of rotatable bonds is 12. The second-order valence-electron chi connectivity index (χ2n) is 11.4. The predicted molar refractivity (Wildman–Crippen MR) is 181 cm³/mol. The van der Waals surface area contributed by atoms with Crippen LogP contribution in [0.1, 0.15) is 28.4 Å². The van der Waals surface area contributed by atoms with Crippen molar-refractivity contribution in [2.45, 2.75) is 41.8 Å². The molecule has 2 unspecified atom stereocenters. The lowest BCUT2D eigenvalue weighted by atomic mass is 10.0. The molecule has 2 amide bonds. The molecule has 49 heavy (non-hydrogen) atoms. The Kier molecular flexibility index (Phi) is 10.1. The highest BCUT2D eigenvalue weighted by Gasteiger charge is 2.61. The molecule has 0 aliphatic carbocycles. The topological polar surface area (TPSA) is 145 Å². The van der Waals surface area contributed by atoms with Crippen molar-refractivity contribution in [1.82, 2.24) is 10.2 Å². The number of carbonyl (C=O) groups is 4. The number of hydrogen-bond donors (Lipinski definition) is 1. The van der Waals surface area contributed by atoms with Crippen LogP contribution in [0.5, 0.6) is 0 Å². The lowest BCUT2D eigenvalue weighted by Crippen LogP contribution is -2.70. The van der Waals surface area contributed by atoms with Crippen LogP contribution < -0.4 is 5.32 Å². The fourth-order valence-corrected chi connectivity index (χ4v) is 7.31.